The molecule has 1 amide bonds. The largest absolute Gasteiger partial charge is 0.507 e. The Balaban J connectivity index is 1.72. The Morgan fingerprint density at radius 2 is 1.59 bits per heavy atom. The Morgan fingerprint density at radius 1 is 0.926 bits per heavy atom. The second kappa shape index (κ2) is 7.32. The summed E-state index contributed by atoms with van der Waals surface area (Å²) in [4.78, 5) is 14.5. The van der Waals surface area contributed by atoms with Crippen LogP contribution in [0.25, 0.3) is 0 Å². The topological polar surface area (TPSA) is 77.9 Å². The molecule has 2 aromatic rings. The Kier molecular flexibility index (Phi) is 5.26. The van der Waals surface area contributed by atoms with Crippen LogP contribution in [0.2, 0.25) is 0 Å². The highest BCUT2D eigenvalue weighted by Crippen LogP contribution is 2.23. The van der Waals surface area contributed by atoms with Gasteiger partial charge in [-0.2, -0.15) is 4.31 Å². The van der Waals surface area contributed by atoms with Crippen LogP contribution < -0.4 is 0 Å². The molecule has 0 atom stereocenters. The molecule has 1 fully saturated rings. The molecule has 1 N–H and O–H groups in total. The van der Waals surface area contributed by atoms with Crippen LogP contribution in [0.1, 0.15) is 27.0 Å². The molecule has 0 unspecified atom stereocenters. The molecule has 0 aliphatic carbocycles. The molecule has 27 heavy (non-hydrogen) atoms. The summed E-state index contributed by atoms with van der Waals surface area (Å²) in [7, 11) is -3.58. The van der Waals surface area contributed by atoms with E-state index in [1.807, 2.05) is 26.8 Å². The molecule has 1 aliphatic heterocycles. The lowest BCUT2D eigenvalue weighted by Crippen LogP contribution is -2.50. The lowest BCUT2D eigenvalue weighted by Gasteiger charge is -2.34. The van der Waals surface area contributed by atoms with Crippen molar-refractivity contribution in [2.75, 3.05) is 26.2 Å². The zero-order chi connectivity index (χ0) is 19.8. The van der Waals surface area contributed by atoms with E-state index < -0.39 is 10.0 Å². The van der Waals surface area contributed by atoms with Crippen LogP contribution in [0, 0.1) is 20.8 Å². The van der Waals surface area contributed by atoms with Crippen molar-refractivity contribution in [1.29, 1.82) is 0 Å². The fourth-order valence-electron chi connectivity index (χ4n) is 3.15. The summed E-state index contributed by atoms with van der Waals surface area (Å²) in [5.74, 6) is -0.332. The third-order valence-electron chi connectivity index (χ3n) is 5.03. The first-order valence-corrected chi connectivity index (χ1v) is 10.3. The number of aryl methyl sites for hydroxylation is 3. The Hall–Kier alpha value is -2.38. The molecule has 0 bridgehead atoms. The second-order valence-corrected chi connectivity index (χ2v) is 8.90. The van der Waals surface area contributed by atoms with Crippen molar-refractivity contribution < 1.29 is 18.3 Å². The molecule has 3 rings (SSSR count). The molecular formula is C20H24N2O4S. The van der Waals surface area contributed by atoms with Gasteiger partial charge in [0.05, 0.1) is 10.5 Å². The number of phenolic OH excluding ortho intramolecular Hbond substituents is 1. The number of hydrogen-bond donors (Lipinski definition) is 1. The van der Waals surface area contributed by atoms with Crippen LogP contribution >= 0.6 is 0 Å². The number of benzene rings is 2. The number of phenols is 1. The van der Waals surface area contributed by atoms with Gasteiger partial charge in [-0.25, -0.2) is 8.42 Å². The van der Waals surface area contributed by atoms with Gasteiger partial charge in [-0.3, -0.25) is 4.79 Å². The second-order valence-electron chi connectivity index (χ2n) is 6.96. The van der Waals surface area contributed by atoms with Gasteiger partial charge < -0.3 is 10.0 Å². The predicted octanol–water partition coefficient (Wildman–Crippen LogP) is 2.46. The number of amides is 1. The summed E-state index contributed by atoms with van der Waals surface area (Å²) in [5, 5.41) is 10.0. The Labute approximate surface area is 160 Å². The van der Waals surface area contributed by atoms with E-state index in [2.05, 4.69) is 0 Å². The quantitative estimate of drug-likeness (QED) is 0.876. The minimum atomic E-state index is -3.58. The van der Waals surface area contributed by atoms with Gasteiger partial charge in [0.15, 0.2) is 0 Å². The van der Waals surface area contributed by atoms with Gasteiger partial charge in [0, 0.05) is 26.2 Å². The van der Waals surface area contributed by atoms with Crippen LogP contribution in [-0.4, -0.2) is 54.8 Å². The highest BCUT2D eigenvalue weighted by molar-refractivity contribution is 7.89. The number of carbonyl (C=O) groups excluding carboxylic acids is 1. The van der Waals surface area contributed by atoms with Gasteiger partial charge in [0.25, 0.3) is 5.91 Å². The molecule has 0 spiro atoms. The molecule has 144 valence electrons. The standard InChI is InChI=1S/C20H24N2O4S/c1-14-4-7-18(19(23)12-14)20(24)21-8-10-22(11-9-21)27(25,26)17-6-5-15(2)16(3)13-17/h4-7,12-13,23H,8-11H2,1-3H3. The Bertz CT molecular complexity index is 977. The van der Waals surface area contributed by atoms with Crippen LogP contribution in [0.5, 0.6) is 5.75 Å². The highest BCUT2D eigenvalue weighted by atomic mass is 32.2. The van der Waals surface area contributed by atoms with Crippen molar-refractivity contribution in [1.82, 2.24) is 9.21 Å². The third kappa shape index (κ3) is 3.84. The number of carbonyl (C=O) groups is 1. The van der Waals surface area contributed by atoms with Crippen molar-refractivity contribution in [2.24, 2.45) is 0 Å². The number of nitrogens with zero attached hydrogens (tertiary/aromatic N) is 2. The summed E-state index contributed by atoms with van der Waals surface area (Å²) in [6.07, 6.45) is 0. The van der Waals surface area contributed by atoms with Gasteiger partial charge in [0.2, 0.25) is 10.0 Å². The van der Waals surface area contributed by atoms with Gasteiger partial charge in [-0.05, 0) is 61.7 Å². The maximum Gasteiger partial charge on any atom is 0.257 e. The molecule has 2 aromatic carbocycles. The Morgan fingerprint density at radius 3 is 2.19 bits per heavy atom. The van der Waals surface area contributed by atoms with Gasteiger partial charge >= 0.3 is 0 Å². The normalized spacial score (nSPS) is 15.7. The average molecular weight is 388 g/mol. The van der Waals surface area contributed by atoms with E-state index in [1.54, 1.807) is 35.2 Å². The summed E-state index contributed by atoms with van der Waals surface area (Å²) in [6, 6.07) is 10.0. The maximum atomic E-state index is 12.9. The summed E-state index contributed by atoms with van der Waals surface area (Å²) in [6.45, 7) is 6.70. The average Bonchev–Trinajstić information content (AvgIpc) is 2.63. The van der Waals surface area contributed by atoms with Crippen molar-refractivity contribution in [3.05, 3.63) is 58.7 Å². The van der Waals surface area contributed by atoms with E-state index in [0.717, 1.165) is 16.7 Å². The number of sulfonamides is 1. The number of rotatable bonds is 3. The molecule has 7 heteroatoms. The molecule has 6 nitrogen and oxygen atoms in total. The van der Waals surface area contributed by atoms with Crippen molar-refractivity contribution >= 4 is 15.9 Å². The van der Waals surface area contributed by atoms with E-state index in [-0.39, 0.29) is 48.3 Å². The number of piperazine rings is 1. The monoisotopic (exact) mass is 388 g/mol. The van der Waals surface area contributed by atoms with Crippen LogP contribution in [0.4, 0.5) is 0 Å². The molecular weight excluding hydrogens is 364 g/mol. The first-order chi connectivity index (χ1) is 12.7. The van der Waals surface area contributed by atoms with Crippen molar-refractivity contribution in [3.8, 4) is 5.75 Å². The molecule has 1 aliphatic rings. The van der Waals surface area contributed by atoms with Gasteiger partial charge in [0.1, 0.15) is 5.75 Å². The summed E-state index contributed by atoms with van der Waals surface area (Å²) in [5.41, 5.74) is 3.08. The molecule has 1 heterocycles. The molecule has 0 saturated carbocycles. The predicted molar refractivity (Wildman–Crippen MR) is 103 cm³/mol. The minimum absolute atomic E-state index is 0.0508. The maximum absolute atomic E-state index is 12.9. The first-order valence-electron chi connectivity index (χ1n) is 8.86. The van der Waals surface area contributed by atoms with E-state index in [0.29, 0.717) is 0 Å². The lowest BCUT2D eigenvalue weighted by molar-refractivity contribution is 0.0695. The van der Waals surface area contributed by atoms with E-state index >= 15 is 0 Å². The fourth-order valence-corrected chi connectivity index (χ4v) is 4.66. The van der Waals surface area contributed by atoms with Gasteiger partial charge in [-0.15, -0.1) is 0 Å². The van der Waals surface area contributed by atoms with Crippen LogP contribution in [-0.2, 0) is 10.0 Å². The summed E-state index contributed by atoms with van der Waals surface area (Å²) < 4.78 is 27.2. The molecule has 1 saturated heterocycles. The highest BCUT2D eigenvalue weighted by Gasteiger charge is 2.31. The minimum Gasteiger partial charge on any atom is -0.507 e. The lowest BCUT2D eigenvalue weighted by atomic mass is 10.1. The third-order valence-corrected chi connectivity index (χ3v) is 6.92. The number of aromatic hydroxyl groups is 1. The zero-order valence-corrected chi connectivity index (χ0v) is 16.6. The molecule has 0 radical (unpaired) electrons. The fraction of sp³-hybridized carbons (Fsp3) is 0.350. The van der Waals surface area contributed by atoms with E-state index in [4.69, 9.17) is 0 Å². The first kappa shape index (κ1) is 19.4. The van der Waals surface area contributed by atoms with E-state index in [9.17, 15) is 18.3 Å². The van der Waals surface area contributed by atoms with Crippen molar-refractivity contribution in [2.45, 2.75) is 25.7 Å². The number of hydrogen-bond acceptors (Lipinski definition) is 4. The smallest absolute Gasteiger partial charge is 0.257 e. The van der Waals surface area contributed by atoms with Gasteiger partial charge in [-0.1, -0.05) is 12.1 Å². The van der Waals surface area contributed by atoms with Crippen LogP contribution in [0.15, 0.2) is 41.3 Å². The summed E-state index contributed by atoms with van der Waals surface area (Å²) >= 11 is 0. The zero-order valence-electron chi connectivity index (χ0n) is 15.8. The van der Waals surface area contributed by atoms with E-state index in [1.165, 1.54) is 4.31 Å². The molecule has 0 aromatic heterocycles. The SMILES string of the molecule is Cc1ccc(C(=O)N2CCN(S(=O)(=O)c3ccc(C)c(C)c3)CC2)c(O)c1. The van der Waals surface area contributed by atoms with Crippen molar-refractivity contribution in [3.63, 3.8) is 0 Å². The van der Waals surface area contributed by atoms with Crippen LogP contribution in [0.3, 0.4) is 0 Å².